The first kappa shape index (κ1) is 9.05. The molecule has 1 aliphatic rings. The van der Waals surface area contributed by atoms with Crippen molar-refractivity contribution < 1.29 is 0 Å². The van der Waals surface area contributed by atoms with Crippen LogP contribution >= 0.6 is 0 Å². The molecule has 11 heavy (non-hydrogen) atoms. The van der Waals surface area contributed by atoms with Crippen LogP contribution in [0.4, 0.5) is 0 Å². The summed E-state index contributed by atoms with van der Waals surface area (Å²) in [4.78, 5) is 0. The molecular weight excluding hydrogens is 134 g/mol. The largest absolute Gasteiger partial charge is 0.319 e. The van der Waals surface area contributed by atoms with Gasteiger partial charge in [-0.15, -0.1) is 0 Å². The number of hydrogen-bond acceptors (Lipinski definition) is 1. The van der Waals surface area contributed by atoms with Crippen LogP contribution in [0.15, 0.2) is 0 Å². The van der Waals surface area contributed by atoms with Crippen LogP contribution in [-0.2, 0) is 0 Å². The Labute approximate surface area is 70.6 Å². The first-order valence-corrected chi connectivity index (χ1v) is 4.90. The highest BCUT2D eigenvalue weighted by Gasteiger charge is 2.28. The van der Waals surface area contributed by atoms with E-state index in [2.05, 4.69) is 26.2 Å². The Hall–Kier alpha value is -0.0400. The second-order valence-corrected chi connectivity index (χ2v) is 4.16. The fraction of sp³-hybridized carbons (Fsp3) is 1.00. The summed E-state index contributed by atoms with van der Waals surface area (Å²) >= 11 is 0. The predicted molar refractivity (Wildman–Crippen MR) is 49.6 cm³/mol. The third-order valence-electron chi connectivity index (χ3n) is 3.05. The molecule has 1 aliphatic carbocycles. The lowest BCUT2D eigenvalue weighted by molar-refractivity contribution is 0.159. The summed E-state index contributed by atoms with van der Waals surface area (Å²) in [6.45, 7) is 5.91. The van der Waals surface area contributed by atoms with Crippen LogP contribution in [-0.4, -0.2) is 13.6 Å². The smallest absolute Gasteiger partial charge is 0.00184 e. The topological polar surface area (TPSA) is 12.0 Å². The van der Waals surface area contributed by atoms with Gasteiger partial charge >= 0.3 is 0 Å². The summed E-state index contributed by atoms with van der Waals surface area (Å²) in [6, 6.07) is 0. The van der Waals surface area contributed by atoms with Crippen molar-refractivity contribution in [2.75, 3.05) is 13.6 Å². The predicted octanol–water partition coefficient (Wildman–Crippen LogP) is 2.28. The molecule has 0 saturated heterocycles. The zero-order valence-corrected chi connectivity index (χ0v) is 8.06. The molecule has 0 spiro atoms. The summed E-state index contributed by atoms with van der Waals surface area (Å²) < 4.78 is 0. The number of hydrogen-bond donors (Lipinski definition) is 1. The van der Waals surface area contributed by atoms with Gasteiger partial charge in [0.25, 0.3) is 0 Å². The summed E-state index contributed by atoms with van der Waals surface area (Å²) in [5.41, 5.74) is 0. The standard InChI is InChI=1S/C10H21N/c1-8(2)10(7-11-3)9-5-4-6-9/h8-11H,4-7H2,1-3H3. The monoisotopic (exact) mass is 155 g/mol. The van der Waals surface area contributed by atoms with Crippen LogP contribution < -0.4 is 5.32 Å². The average molecular weight is 155 g/mol. The molecule has 0 bridgehead atoms. The van der Waals surface area contributed by atoms with Gasteiger partial charge in [0.1, 0.15) is 0 Å². The molecule has 1 atom stereocenters. The second kappa shape index (κ2) is 4.10. The van der Waals surface area contributed by atoms with E-state index in [0.29, 0.717) is 0 Å². The first-order valence-electron chi connectivity index (χ1n) is 4.90. The molecule has 0 aliphatic heterocycles. The van der Waals surface area contributed by atoms with Crippen molar-refractivity contribution >= 4 is 0 Å². The third-order valence-corrected chi connectivity index (χ3v) is 3.05. The molecule has 1 N–H and O–H groups in total. The van der Waals surface area contributed by atoms with Crippen LogP contribution in [0.25, 0.3) is 0 Å². The van der Waals surface area contributed by atoms with Crippen LogP contribution in [0.1, 0.15) is 33.1 Å². The van der Waals surface area contributed by atoms with E-state index in [4.69, 9.17) is 0 Å². The summed E-state index contributed by atoms with van der Waals surface area (Å²) in [7, 11) is 2.06. The minimum atomic E-state index is 0.854. The van der Waals surface area contributed by atoms with E-state index < -0.39 is 0 Å². The Kier molecular flexibility index (Phi) is 3.38. The van der Waals surface area contributed by atoms with E-state index in [1.807, 2.05) is 0 Å². The van der Waals surface area contributed by atoms with Gasteiger partial charge in [0, 0.05) is 0 Å². The average Bonchev–Trinajstić information content (AvgIpc) is 1.82. The van der Waals surface area contributed by atoms with E-state index in [1.165, 1.54) is 25.8 Å². The molecule has 1 saturated carbocycles. The minimum Gasteiger partial charge on any atom is -0.319 e. The number of nitrogens with one attached hydrogen (secondary N) is 1. The molecule has 1 nitrogen and oxygen atoms in total. The van der Waals surface area contributed by atoms with Gasteiger partial charge in [-0.05, 0) is 31.3 Å². The SMILES string of the molecule is CNCC(C(C)C)C1CCC1. The van der Waals surface area contributed by atoms with Crippen molar-refractivity contribution in [3.8, 4) is 0 Å². The lowest BCUT2D eigenvalue weighted by Gasteiger charge is -2.36. The Morgan fingerprint density at radius 3 is 2.27 bits per heavy atom. The second-order valence-electron chi connectivity index (χ2n) is 4.16. The Balaban J connectivity index is 2.31. The van der Waals surface area contributed by atoms with Gasteiger partial charge in [-0.2, -0.15) is 0 Å². The van der Waals surface area contributed by atoms with Crippen LogP contribution in [0.2, 0.25) is 0 Å². The van der Waals surface area contributed by atoms with Crippen molar-refractivity contribution in [2.45, 2.75) is 33.1 Å². The van der Waals surface area contributed by atoms with Crippen molar-refractivity contribution in [3.05, 3.63) is 0 Å². The van der Waals surface area contributed by atoms with E-state index in [1.54, 1.807) is 0 Å². The zero-order chi connectivity index (χ0) is 8.27. The Bertz CT molecular complexity index is 105. The van der Waals surface area contributed by atoms with Crippen LogP contribution in [0.5, 0.6) is 0 Å². The van der Waals surface area contributed by atoms with E-state index in [9.17, 15) is 0 Å². The van der Waals surface area contributed by atoms with Gasteiger partial charge in [-0.1, -0.05) is 33.1 Å². The molecule has 0 aromatic carbocycles. The molecule has 0 aromatic rings. The van der Waals surface area contributed by atoms with Gasteiger partial charge in [-0.3, -0.25) is 0 Å². The van der Waals surface area contributed by atoms with Gasteiger partial charge in [0.2, 0.25) is 0 Å². The third kappa shape index (κ3) is 2.19. The van der Waals surface area contributed by atoms with Crippen LogP contribution in [0, 0.1) is 17.8 Å². The highest BCUT2D eigenvalue weighted by molar-refractivity contribution is 4.80. The lowest BCUT2D eigenvalue weighted by atomic mass is 9.71. The molecule has 1 fully saturated rings. The molecule has 0 heterocycles. The van der Waals surface area contributed by atoms with Crippen molar-refractivity contribution in [2.24, 2.45) is 17.8 Å². The van der Waals surface area contributed by atoms with E-state index in [0.717, 1.165) is 17.8 Å². The summed E-state index contributed by atoms with van der Waals surface area (Å²) in [5, 5.41) is 3.30. The van der Waals surface area contributed by atoms with Crippen molar-refractivity contribution in [1.29, 1.82) is 0 Å². The minimum absolute atomic E-state index is 0.854. The Morgan fingerprint density at radius 1 is 1.36 bits per heavy atom. The lowest BCUT2D eigenvalue weighted by Crippen LogP contribution is -2.33. The van der Waals surface area contributed by atoms with Crippen LogP contribution in [0.3, 0.4) is 0 Å². The normalized spacial score (nSPS) is 21.8. The first-order chi connectivity index (χ1) is 5.25. The molecule has 1 unspecified atom stereocenters. The van der Waals surface area contributed by atoms with Crippen molar-refractivity contribution in [1.82, 2.24) is 5.32 Å². The molecular formula is C10H21N. The maximum absolute atomic E-state index is 3.30. The van der Waals surface area contributed by atoms with Gasteiger partial charge in [0.15, 0.2) is 0 Å². The molecule has 0 aromatic heterocycles. The van der Waals surface area contributed by atoms with Gasteiger partial charge in [-0.25, -0.2) is 0 Å². The number of rotatable bonds is 4. The van der Waals surface area contributed by atoms with Crippen molar-refractivity contribution in [3.63, 3.8) is 0 Å². The Morgan fingerprint density at radius 2 is 2.00 bits per heavy atom. The fourth-order valence-corrected chi connectivity index (χ4v) is 2.05. The summed E-state index contributed by atoms with van der Waals surface area (Å²) in [5.74, 6) is 2.81. The van der Waals surface area contributed by atoms with Gasteiger partial charge in [0.05, 0.1) is 0 Å². The van der Waals surface area contributed by atoms with E-state index in [-0.39, 0.29) is 0 Å². The molecule has 0 amide bonds. The molecule has 1 rings (SSSR count). The molecule has 0 radical (unpaired) electrons. The maximum atomic E-state index is 3.30. The molecule has 1 heteroatoms. The fourth-order valence-electron chi connectivity index (χ4n) is 2.05. The van der Waals surface area contributed by atoms with Gasteiger partial charge < -0.3 is 5.32 Å². The van der Waals surface area contributed by atoms with E-state index >= 15 is 0 Å². The maximum Gasteiger partial charge on any atom is -0.00184 e. The summed E-state index contributed by atoms with van der Waals surface area (Å²) in [6.07, 6.45) is 4.42. The highest BCUT2D eigenvalue weighted by Crippen LogP contribution is 2.36. The highest BCUT2D eigenvalue weighted by atomic mass is 14.8. The quantitative estimate of drug-likeness (QED) is 0.656. The zero-order valence-electron chi connectivity index (χ0n) is 8.06. The molecule has 66 valence electrons.